The van der Waals surface area contributed by atoms with Crippen molar-refractivity contribution >= 4 is 11.6 Å². The van der Waals surface area contributed by atoms with Gasteiger partial charge in [0.15, 0.2) is 0 Å². The normalized spacial score (nSPS) is 17.5. The number of nitrogens with one attached hydrogen (secondary N) is 1. The Morgan fingerprint density at radius 3 is 2.47 bits per heavy atom. The van der Waals surface area contributed by atoms with Gasteiger partial charge in [-0.1, -0.05) is 55.1 Å². The summed E-state index contributed by atoms with van der Waals surface area (Å²) in [5, 5.41) is 23.4. The number of nitrogens with zero attached hydrogens (tertiary/aromatic N) is 2. The molecule has 1 saturated carbocycles. The summed E-state index contributed by atoms with van der Waals surface area (Å²) in [4.78, 5) is 0. The van der Waals surface area contributed by atoms with Crippen LogP contribution in [0.5, 0.6) is 0 Å². The summed E-state index contributed by atoms with van der Waals surface area (Å²) in [6.07, 6.45) is 7.65. The van der Waals surface area contributed by atoms with Crippen LogP contribution in [0.3, 0.4) is 0 Å². The van der Waals surface area contributed by atoms with Gasteiger partial charge in [0.05, 0.1) is 24.1 Å². The molecular formula is C26H30ClN3. The van der Waals surface area contributed by atoms with Crippen molar-refractivity contribution < 1.29 is 0 Å². The Balaban J connectivity index is 1.84. The highest BCUT2D eigenvalue weighted by atomic mass is 35.5. The Bertz CT molecular complexity index is 888. The molecule has 0 radical (unpaired) electrons. The van der Waals surface area contributed by atoms with E-state index in [1.165, 1.54) is 37.7 Å². The lowest BCUT2D eigenvalue weighted by Gasteiger charge is -2.35. The molecule has 3 nitrogen and oxygen atoms in total. The molecule has 2 aromatic carbocycles. The first-order chi connectivity index (χ1) is 14.6. The van der Waals surface area contributed by atoms with Crippen LogP contribution in [0.25, 0.3) is 0 Å². The third kappa shape index (κ3) is 6.09. The van der Waals surface area contributed by atoms with E-state index in [9.17, 15) is 10.5 Å². The van der Waals surface area contributed by atoms with Crippen LogP contribution in [0, 0.1) is 28.6 Å². The molecule has 0 aromatic heterocycles. The largest absolute Gasteiger partial charge is 0.310 e. The van der Waals surface area contributed by atoms with E-state index in [4.69, 9.17) is 11.6 Å². The molecule has 0 saturated heterocycles. The Morgan fingerprint density at radius 2 is 1.80 bits per heavy atom. The molecule has 0 heterocycles. The van der Waals surface area contributed by atoms with E-state index >= 15 is 0 Å². The molecule has 0 spiro atoms. The first-order valence-corrected chi connectivity index (χ1v) is 11.4. The third-order valence-electron chi connectivity index (χ3n) is 6.42. The minimum Gasteiger partial charge on any atom is -0.310 e. The molecule has 0 bridgehead atoms. The van der Waals surface area contributed by atoms with Gasteiger partial charge in [-0.25, -0.2) is 0 Å². The lowest BCUT2D eigenvalue weighted by atomic mass is 9.81. The van der Waals surface area contributed by atoms with Crippen molar-refractivity contribution in [1.29, 1.82) is 10.5 Å². The van der Waals surface area contributed by atoms with E-state index in [-0.39, 0.29) is 18.0 Å². The van der Waals surface area contributed by atoms with Gasteiger partial charge in [0.25, 0.3) is 0 Å². The van der Waals surface area contributed by atoms with Crippen molar-refractivity contribution in [1.82, 2.24) is 5.32 Å². The first-order valence-electron chi connectivity index (χ1n) is 11.0. The highest BCUT2D eigenvalue weighted by molar-refractivity contribution is 6.30. The Hall–Kier alpha value is -2.33. The van der Waals surface area contributed by atoms with Crippen molar-refractivity contribution in [2.45, 2.75) is 69.9 Å². The Kier molecular flexibility index (Phi) is 8.32. The van der Waals surface area contributed by atoms with Gasteiger partial charge in [0, 0.05) is 23.0 Å². The highest BCUT2D eigenvalue weighted by Gasteiger charge is 2.28. The fraction of sp³-hybridized carbons (Fsp3) is 0.462. The van der Waals surface area contributed by atoms with E-state index < -0.39 is 0 Å². The van der Waals surface area contributed by atoms with Crippen LogP contribution in [0.4, 0.5) is 0 Å². The lowest BCUT2D eigenvalue weighted by molar-refractivity contribution is 0.246. The van der Waals surface area contributed by atoms with Gasteiger partial charge in [-0.2, -0.15) is 10.5 Å². The summed E-state index contributed by atoms with van der Waals surface area (Å²) in [6.45, 7) is 2.22. The zero-order chi connectivity index (χ0) is 21.3. The maximum atomic E-state index is 9.43. The molecule has 156 valence electrons. The molecule has 1 fully saturated rings. The summed E-state index contributed by atoms with van der Waals surface area (Å²) < 4.78 is 0. The van der Waals surface area contributed by atoms with Crippen molar-refractivity contribution in [2.24, 2.45) is 5.92 Å². The van der Waals surface area contributed by atoms with Crippen LogP contribution < -0.4 is 5.32 Å². The van der Waals surface area contributed by atoms with Gasteiger partial charge in [-0.3, -0.25) is 0 Å². The minimum atomic E-state index is 0.176. The predicted molar refractivity (Wildman–Crippen MR) is 122 cm³/mol. The molecule has 3 rings (SSSR count). The number of nitriles is 2. The average molecular weight is 420 g/mol. The number of hydrogen-bond donors (Lipinski definition) is 1. The maximum absolute atomic E-state index is 9.43. The highest BCUT2D eigenvalue weighted by Crippen LogP contribution is 2.31. The zero-order valence-corrected chi connectivity index (χ0v) is 18.4. The monoisotopic (exact) mass is 419 g/mol. The van der Waals surface area contributed by atoms with Crippen molar-refractivity contribution in [3.63, 3.8) is 0 Å². The molecule has 1 unspecified atom stereocenters. The number of hydrogen-bond acceptors (Lipinski definition) is 3. The summed E-state index contributed by atoms with van der Waals surface area (Å²) in [5.41, 5.74) is 3.06. The maximum Gasteiger partial charge on any atom is 0.0991 e. The summed E-state index contributed by atoms with van der Waals surface area (Å²) in [6, 6.07) is 21.0. The van der Waals surface area contributed by atoms with Crippen LogP contribution in [0.2, 0.25) is 5.02 Å². The fourth-order valence-electron chi connectivity index (χ4n) is 4.75. The van der Waals surface area contributed by atoms with E-state index in [1.54, 1.807) is 0 Å². The Labute approximate surface area is 185 Å². The van der Waals surface area contributed by atoms with Crippen LogP contribution in [0.1, 0.15) is 68.1 Å². The quantitative estimate of drug-likeness (QED) is 0.540. The van der Waals surface area contributed by atoms with Crippen molar-refractivity contribution in [2.75, 3.05) is 0 Å². The molecule has 1 aliphatic carbocycles. The molecule has 3 atom stereocenters. The molecule has 0 aliphatic heterocycles. The summed E-state index contributed by atoms with van der Waals surface area (Å²) >= 11 is 6.08. The van der Waals surface area contributed by atoms with Crippen LogP contribution in [-0.4, -0.2) is 12.1 Å². The lowest BCUT2D eigenvalue weighted by Crippen LogP contribution is -2.45. The van der Waals surface area contributed by atoms with Gasteiger partial charge in [0.2, 0.25) is 0 Å². The van der Waals surface area contributed by atoms with Crippen LogP contribution >= 0.6 is 11.6 Å². The smallest absolute Gasteiger partial charge is 0.0991 e. The van der Waals surface area contributed by atoms with Gasteiger partial charge >= 0.3 is 0 Å². The van der Waals surface area contributed by atoms with Crippen molar-refractivity contribution in [3.8, 4) is 12.1 Å². The van der Waals surface area contributed by atoms with Crippen molar-refractivity contribution in [3.05, 3.63) is 70.2 Å². The second-order valence-electron chi connectivity index (χ2n) is 8.50. The Morgan fingerprint density at radius 1 is 1.07 bits per heavy atom. The van der Waals surface area contributed by atoms with Gasteiger partial charge in [-0.05, 0) is 67.5 Å². The minimum absolute atomic E-state index is 0.176. The molecule has 2 aromatic rings. The molecular weight excluding hydrogens is 390 g/mol. The number of halogens is 1. The molecule has 4 heteroatoms. The van der Waals surface area contributed by atoms with Crippen LogP contribution in [-0.2, 0) is 6.42 Å². The zero-order valence-electron chi connectivity index (χ0n) is 17.7. The number of rotatable bonds is 8. The van der Waals surface area contributed by atoms with E-state index in [2.05, 4.69) is 42.6 Å². The topological polar surface area (TPSA) is 59.6 Å². The summed E-state index contributed by atoms with van der Waals surface area (Å²) in [5.74, 6) is 0.770. The predicted octanol–water partition coefficient (Wildman–Crippen LogP) is 6.38. The third-order valence-corrected chi connectivity index (χ3v) is 6.68. The standard InChI is InChI=1S/C26H30ClN3/c1-19(30-26(14-15-28)22-7-3-2-4-8-22)25(17-20-10-12-24(27)13-11-20)23-9-5-6-21(16-23)18-29/h5-6,9-13,16,19,22,25-26,30H,2-4,7-8,14,17H2,1H3/t19-,25?,26-/m0/s1. The fourth-order valence-corrected chi connectivity index (χ4v) is 4.87. The number of benzene rings is 2. The van der Waals surface area contributed by atoms with Gasteiger partial charge in [0.1, 0.15) is 0 Å². The van der Waals surface area contributed by atoms with Gasteiger partial charge in [-0.15, -0.1) is 0 Å². The molecule has 0 amide bonds. The average Bonchev–Trinajstić information content (AvgIpc) is 2.79. The van der Waals surface area contributed by atoms with Gasteiger partial charge < -0.3 is 5.32 Å². The second-order valence-corrected chi connectivity index (χ2v) is 8.93. The first kappa shape index (κ1) is 22.4. The molecule has 30 heavy (non-hydrogen) atoms. The van der Waals surface area contributed by atoms with Crippen LogP contribution in [0.15, 0.2) is 48.5 Å². The van der Waals surface area contributed by atoms with E-state index in [0.29, 0.717) is 17.9 Å². The SMILES string of the molecule is C[C@H](N[C@@H](CC#N)C1CCCCC1)C(Cc1ccc(Cl)cc1)c1cccc(C#N)c1. The molecule has 1 N–H and O–H groups in total. The van der Waals surface area contributed by atoms with E-state index in [0.717, 1.165) is 17.0 Å². The van der Waals surface area contributed by atoms with E-state index in [1.807, 2.05) is 30.3 Å². The molecule has 1 aliphatic rings. The second kappa shape index (κ2) is 11.2. The summed E-state index contributed by atoms with van der Waals surface area (Å²) in [7, 11) is 0.